The zero-order valence-corrected chi connectivity index (χ0v) is 15.3. The molecule has 4 rings (SSSR count). The third-order valence-electron chi connectivity index (χ3n) is 5.59. The third kappa shape index (κ3) is 3.27. The van der Waals surface area contributed by atoms with Gasteiger partial charge in [0, 0.05) is 18.8 Å². The fourth-order valence-corrected chi connectivity index (χ4v) is 5.55. The second-order valence-corrected chi connectivity index (χ2v) is 8.93. The summed E-state index contributed by atoms with van der Waals surface area (Å²) in [4.78, 5) is 12.4. The number of piperidine rings is 1. The maximum Gasteiger partial charge on any atom is 0.333 e. The number of hydrogen-bond acceptors (Lipinski definition) is 3. The highest BCUT2D eigenvalue weighted by atomic mass is 32.2. The van der Waals surface area contributed by atoms with Crippen molar-refractivity contribution in [2.45, 2.75) is 57.8 Å². The Kier molecular flexibility index (Phi) is 4.45. The molecule has 1 heterocycles. The minimum Gasteiger partial charge on any atom is -0.307 e. The highest BCUT2D eigenvalue weighted by Crippen LogP contribution is 2.38. The van der Waals surface area contributed by atoms with Crippen molar-refractivity contribution in [1.29, 1.82) is 0 Å². The molecule has 6 nitrogen and oxygen atoms in total. The molecule has 136 valence electrons. The highest BCUT2D eigenvalue weighted by Gasteiger charge is 2.28. The number of carbonyl (C=O) groups is 1. The van der Waals surface area contributed by atoms with Crippen molar-refractivity contribution >= 4 is 21.9 Å². The first-order valence-electron chi connectivity index (χ1n) is 9.30. The number of amides is 2. The van der Waals surface area contributed by atoms with E-state index in [1.54, 1.807) is 0 Å². The van der Waals surface area contributed by atoms with Crippen LogP contribution in [0.2, 0.25) is 0 Å². The van der Waals surface area contributed by atoms with Gasteiger partial charge < -0.3 is 5.32 Å². The summed E-state index contributed by atoms with van der Waals surface area (Å²) >= 11 is 0. The van der Waals surface area contributed by atoms with E-state index in [1.807, 2.05) is 0 Å². The van der Waals surface area contributed by atoms with Gasteiger partial charge in [0.25, 0.3) is 0 Å². The number of nitrogens with zero attached hydrogens (tertiary/aromatic N) is 1. The zero-order valence-electron chi connectivity index (χ0n) is 14.4. The Balaban J connectivity index is 1.54. The monoisotopic (exact) mass is 363 g/mol. The Labute approximate surface area is 149 Å². The molecule has 1 fully saturated rings. The first-order chi connectivity index (χ1) is 12.0. The Bertz CT molecular complexity index is 766. The molecule has 1 aromatic rings. The number of urea groups is 1. The van der Waals surface area contributed by atoms with Crippen molar-refractivity contribution in [3.05, 3.63) is 28.3 Å². The van der Waals surface area contributed by atoms with Gasteiger partial charge in [-0.05, 0) is 73.6 Å². The summed E-state index contributed by atoms with van der Waals surface area (Å²) in [5.74, 6) is 0. The molecule has 2 aliphatic carbocycles. The molecule has 25 heavy (non-hydrogen) atoms. The van der Waals surface area contributed by atoms with Crippen LogP contribution in [0.25, 0.3) is 0 Å². The molecule has 3 aliphatic rings. The average molecular weight is 363 g/mol. The minimum absolute atomic E-state index is 0.485. The van der Waals surface area contributed by atoms with E-state index in [9.17, 15) is 13.2 Å². The van der Waals surface area contributed by atoms with Crippen LogP contribution in [0, 0.1) is 0 Å². The maximum atomic E-state index is 12.4. The van der Waals surface area contributed by atoms with Crippen LogP contribution < -0.4 is 10.0 Å². The molecule has 0 saturated carbocycles. The highest BCUT2D eigenvalue weighted by molar-refractivity contribution is 7.87. The molecular weight excluding hydrogens is 338 g/mol. The van der Waals surface area contributed by atoms with Crippen molar-refractivity contribution in [2.24, 2.45) is 0 Å². The molecule has 0 spiro atoms. The topological polar surface area (TPSA) is 78.5 Å². The van der Waals surface area contributed by atoms with E-state index in [0.29, 0.717) is 13.1 Å². The molecule has 2 amide bonds. The standard InChI is InChI=1S/C18H25N3O3S/c22-18(20-25(23,24)21-10-2-1-3-11-21)19-17-15-8-4-6-13(15)12-14-7-5-9-16(14)17/h12H,1-11H2,(H2,19,20,22). The van der Waals surface area contributed by atoms with Gasteiger partial charge in [-0.3, -0.25) is 0 Å². The van der Waals surface area contributed by atoms with Gasteiger partial charge in [-0.15, -0.1) is 0 Å². The van der Waals surface area contributed by atoms with Gasteiger partial charge in [-0.25, -0.2) is 9.52 Å². The van der Waals surface area contributed by atoms with Gasteiger partial charge in [-0.2, -0.15) is 12.7 Å². The average Bonchev–Trinajstić information content (AvgIpc) is 3.24. The predicted molar refractivity (Wildman–Crippen MR) is 97.0 cm³/mol. The van der Waals surface area contributed by atoms with Crippen molar-refractivity contribution in [1.82, 2.24) is 9.03 Å². The molecule has 0 radical (unpaired) electrons. The number of anilines is 1. The summed E-state index contributed by atoms with van der Waals surface area (Å²) in [6, 6.07) is 1.65. The Morgan fingerprint density at radius 3 is 2.08 bits per heavy atom. The molecule has 7 heteroatoms. The van der Waals surface area contributed by atoms with Gasteiger partial charge in [-0.1, -0.05) is 12.5 Å². The third-order valence-corrected chi connectivity index (χ3v) is 7.08. The first kappa shape index (κ1) is 16.8. The molecule has 0 bridgehead atoms. The number of carbonyl (C=O) groups excluding carboxylic acids is 1. The van der Waals surface area contributed by atoms with Crippen molar-refractivity contribution < 1.29 is 13.2 Å². The summed E-state index contributed by atoms with van der Waals surface area (Å²) in [5, 5.41) is 2.88. The van der Waals surface area contributed by atoms with E-state index >= 15 is 0 Å². The molecular formula is C18H25N3O3S. The largest absolute Gasteiger partial charge is 0.333 e. The van der Waals surface area contributed by atoms with Gasteiger partial charge >= 0.3 is 16.2 Å². The number of nitrogens with one attached hydrogen (secondary N) is 2. The summed E-state index contributed by atoms with van der Waals surface area (Å²) < 4.78 is 28.4. The van der Waals surface area contributed by atoms with Crippen LogP contribution in [-0.4, -0.2) is 31.8 Å². The quantitative estimate of drug-likeness (QED) is 0.866. The summed E-state index contributed by atoms with van der Waals surface area (Å²) in [6.07, 6.45) is 8.94. The van der Waals surface area contributed by atoms with Gasteiger partial charge in [0.05, 0.1) is 0 Å². The van der Waals surface area contributed by atoms with Crippen LogP contribution in [-0.2, 0) is 35.9 Å². The second kappa shape index (κ2) is 6.61. The number of rotatable bonds is 3. The van der Waals surface area contributed by atoms with E-state index in [1.165, 1.54) is 26.6 Å². The van der Waals surface area contributed by atoms with Gasteiger partial charge in [0.1, 0.15) is 0 Å². The smallest absolute Gasteiger partial charge is 0.307 e. The molecule has 1 aromatic carbocycles. The number of fused-ring (bicyclic) bond motifs is 2. The SMILES string of the molecule is O=C(Nc1c2c(cc3c1CCC3)CCC2)NS(=O)(=O)N1CCCCC1. The lowest BCUT2D eigenvalue weighted by Gasteiger charge is -2.26. The fourth-order valence-electron chi connectivity index (χ4n) is 4.39. The fraction of sp³-hybridized carbons (Fsp3) is 0.611. The minimum atomic E-state index is -3.76. The Morgan fingerprint density at radius 1 is 0.880 bits per heavy atom. The predicted octanol–water partition coefficient (Wildman–Crippen LogP) is 2.52. The summed E-state index contributed by atoms with van der Waals surface area (Å²) in [5.41, 5.74) is 5.90. The van der Waals surface area contributed by atoms with E-state index in [2.05, 4.69) is 16.1 Å². The van der Waals surface area contributed by atoms with Crippen LogP contribution in [0.3, 0.4) is 0 Å². The van der Waals surface area contributed by atoms with E-state index < -0.39 is 16.2 Å². The molecule has 0 aromatic heterocycles. The summed E-state index contributed by atoms with van der Waals surface area (Å²) in [6.45, 7) is 0.970. The van der Waals surface area contributed by atoms with Gasteiger partial charge in [0.2, 0.25) is 0 Å². The van der Waals surface area contributed by atoms with Crippen molar-refractivity contribution in [3.8, 4) is 0 Å². The van der Waals surface area contributed by atoms with Crippen LogP contribution in [0.15, 0.2) is 6.07 Å². The van der Waals surface area contributed by atoms with E-state index in [0.717, 1.165) is 63.5 Å². The normalized spacial score (nSPS) is 20.2. The van der Waals surface area contributed by atoms with Crippen LogP contribution in [0.1, 0.15) is 54.4 Å². The van der Waals surface area contributed by atoms with Crippen molar-refractivity contribution in [3.63, 3.8) is 0 Å². The number of aryl methyl sites for hydroxylation is 2. The van der Waals surface area contributed by atoms with E-state index in [-0.39, 0.29) is 0 Å². The van der Waals surface area contributed by atoms with Crippen LogP contribution >= 0.6 is 0 Å². The molecule has 0 unspecified atom stereocenters. The second-order valence-electron chi connectivity index (χ2n) is 7.25. The van der Waals surface area contributed by atoms with Crippen LogP contribution in [0.4, 0.5) is 10.5 Å². The Hall–Kier alpha value is -1.60. The lowest BCUT2D eigenvalue weighted by molar-refractivity contribution is 0.255. The molecule has 1 aliphatic heterocycles. The lowest BCUT2D eigenvalue weighted by atomic mass is 9.99. The van der Waals surface area contributed by atoms with Crippen molar-refractivity contribution in [2.75, 3.05) is 18.4 Å². The molecule has 0 atom stereocenters. The number of benzene rings is 1. The molecule has 1 saturated heterocycles. The molecule has 2 N–H and O–H groups in total. The first-order valence-corrected chi connectivity index (χ1v) is 10.7. The number of hydrogen-bond donors (Lipinski definition) is 2. The maximum absolute atomic E-state index is 12.4. The lowest BCUT2D eigenvalue weighted by Crippen LogP contribution is -2.47. The Morgan fingerprint density at radius 2 is 1.48 bits per heavy atom. The van der Waals surface area contributed by atoms with Gasteiger partial charge in [0.15, 0.2) is 0 Å². The zero-order chi connectivity index (χ0) is 17.4. The van der Waals surface area contributed by atoms with Crippen LogP contribution in [0.5, 0.6) is 0 Å². The van der Waals surface area contributed by atoms with E-state index in [4.69, 9.17) is 0 Å². The summed E-state index contributed by atoms with van der Waals surface area (Å²) in [7, 11) is -3.76.